The molecule has 1 aromatic rings. The number of aromatic nitrogens is 1. The van der Waals surface area contributed by atoms with Crippen molar-refractivity contribution >= 4 is 35.1 Å². The fraction of sp³-hybridized carbons (Fsp3) is 0.364. The zero-order valence-corrected chi connectivity index (χ0v) is 11.4. The normalized spacial score (nSPS) is 11.8. The number of nitrogens with one attached hydrogen (secondary N) is 1. The molecule has 0 unspecified atom stereocenters. The summed E-state index contributed by atoms with van der Waals surface area (Å²) >= 11 is 11.3. The number of carbonyl (C=O) groups excluding carboxylic acids is 2. The number of likely N-dealkylation sites (N-methyl/N-ethyl adjacent to an activating group) is 1. The van der Waals surface area contributed by atoms with Gasteiger partial charge in [0.2, 0.25) is 0 Å². The van der Waals surface area contributed by atoms with Crippen LogP contribution in [0.1, 0.15) is 24.2 Å². The molecule has 18 heavy (non-hydrogen) atoms. The molecule has 1 heterocycles. The zero-order chi connectivity index (χ0) is 13.7. The summed E-state index contributed by atoms with van der Waals surface area (Å²) in [5.74, 6) is -1.04. The van der Waals surface area contributed by atoms with E-state index < -0.39 is 12.1 Å². The Morgan fingerprint density at radius 1 is 1.50 bits per heavy atom. The van der Waals surface area contributed by atoms with Crippen LogP contribution in [0, 0.1) is 0 Å². The summed E-state index contributed by atoms with van der Waals surface area (Å²) < 4.78 is 4.95. The fourth-order valence-electron chi connectivity index (χ4n) is 1.13. The van der Waals surface area contributed by atoms with Crippen molar-refractivity contribution in [3.63, 3.8) is 0 Å². The SMILES string of the molecule is CCNC(=O)[C@H](C)OC(=O)c1cnc(Cl)c(Cl)c1. The number of nitrogens with zero attached hydrogens (tertiary/aromatic N) is 1. The fourth-order valence-corrected chi connectivity index (χ4v) is 1.40. The summed E-state index contributed by atoms with van der Waals surface area (Å²) in [6.45, 7) is 3.72. The van der Waals surface area contributed by atoms with Gasteiger partial charge < -0.3 is 10.1 Å². The van der Waals surface area contributed by atoms with E-state index in [1.165, 1.54) is 19.2 Å². The molecule has 1 amide bonds. The molecule has 0 bridgehead atoms. The molecule has 0 radical (unpaired) electrons. The highest BCUT2D eigenvalue weighted by Gasteiger charge is 2.19. The molecule has 0 aliphatic rings. The topological polar surface area (TPSA) is 68.3 Å². The number of hydrogen-bond donors (Lipinski definition) is 1. The summed E-state index contributed by atoms with van der Waals surface area (Å²) in [7, 11) is 0. The molecule has 7 heteroatoms. The van der Waals surface area contributed by atoms with Gasteiger partial charge in [0.15, 0.2) is 6.10 Å². The van der Waals surface area contributed by atoms with Crippen LogP contribution in [0.2, 0.25) is 10.2 Å². The molecule has 0 fully saturated rings. The molecular formula is C11H12Cl2N2O3. The lowest BCUT2D eigenvalue weighted by molar-refractivity contribution is -0.128. The van der Waals surface area contributed by atoms with Crippen molar-refractivity contribution in [3.05, 3.63) is 28.0 Å². The van der Waals surface area contributed by atoms with Gasteiger partial charge in [0.25, 0.3) is 5.91 Å². The summed E-state index contributed by atoms with van der Waals surface area (Å²) in [6.07, 6.45) is 0.355. The van der Waals surface area contributed by atoms with Crippen LogP contribution in [0.4, 0.5) is 0 Å². The molecule has 98 valence electrons. The maximum atomic E-state index is 11.7. The van der Waals surface area contributed by atoms with Crippen LogP contribution in [-0.2, 0) is 9.53 Å². The van der Waals surface area contributed by atoms with Crippen molar-refractivity contribution in [2.24, 2.45) is 0 Å². The first kappa shape index (κ1) is 14.7. The first-order valence-corrected chi connectivity index (χ1v) is 6.01. The highest BCUT2D eigenvalue weighted by molar-refractivity contribution is 6.41. The van der Waals surface area contributed by atoms with E-state index in [0.717, 1.165) is 0 Å². The van der Waals surface area contributed by atoms with Crippen LogP contribution < -0.4 is 5.32 Å². The van der Waals surface area contributed by atoms with Crippen molar-refractivity contribution in [1.82, 2.24) is 10.3 Å². The Morgan fingerprint density at radius 3 is 2.72 bits per heavy atom. The lowest BCUT2D eigenvalue weighted by Gasteiger charge is -2.12. The van der Waals surface area contributed by atoms with Crippen LogP contribution >= 0.6 is 23.2 Å². The Kier molecular flexibility index (Phi) is 5.37. The number of hydrogen-bond acceptors (Lipinski definition) is 4. The van der Waals surface area contributed by atoms with Crippen LogP contribution in [0.15, 0.2) is 12.3 Å². The van der Waals surface area contributed by atoms with E-state index in [-0.39, 0.29) is 21.6 Å². The molecule has 0 saturated carbocycles. The van der Waals surface area contributed by atoms with Crippen LogP contribution in [0.25, 0.3) is 0 Å². The Hall–Kier alpha value is -1.33. The third kappa shape index (κ3) is 3.85. The second-order valence-electron chi connectivity index (χ2n) is 3.44. The van der Waals surface area contributed by atoms with E-state index in [2.05, 4.69) is 10.3 Å². The summed E-state index contributed by atoms with van der Waals surface area (Å²) in [5.41, 5.74) is 0.139. The van der Waals surface area contributed by atoms with E-state index >= 15 is 0 Å². The molecular weight excluding hydrogens is 279 g/mol. The third-order valence-electron chi connectivity index (χ3n) is 2.04. The van der Waals surface area contributed by atoms with Gasteiger partial charge in [-0.05, 0) is 19.9 Å². The van der Waals surface area contributed by atoms with Gasteiger partial charge in [-0.2, -0.15) is 0 Å². The van der Waals surface area contributed by atoms with Gasteiger partial charge in [-0.1, -0.05) is 23.2 Å². The lowest BCUT2D eigenvalue weighted by Crippen LogP contribution is -2.35. The second-order valence-corrected chi connectivity index (χ2v) is 4.20. The number of rotatable bonds is 4. The second kappa shape index (κ2) is 6.56. The quantitative estimate of drug-likeness (QED) is 0.681. The average Bonchev–Trinajstić information content (AvgIpc) is 2.32. The molecule has 1 N–H and O–H groups in total. The standard InChI is InChI=1S/C11H12Cl2N2O3/c1-3-14-10(16)6(2)18-11(17)7-4-8(12)9(13)15-5-7/h4-6H,3H2,1-2H3,(H,14,16)/t6-/m0/s1. The Balaban J connectivity index is 2.70. The van der Waals surface area contributed by atoms with Crippen molar-refractivity contribution < 1.29 is 14.3 Å². The smallest absolute Gasteiger partial charge is 0.340 e. The van der Waals surface area contributed by atoms with Gasteiger partial charge in [0.1, 0.15) is 5.15 Å². The molecule has 1 atom stereocenters. The van der Waals surface area contributed by atoms with Gasteiger partial charge in [0, 0.05) is 12.7 Å². The van der Waals surface area contributed by atoms with E-state index in [1.54, 1.807) is 6.92 Å². The summed E-state index contributed by atoms with van der Waals surface area (Å²) in [6, 6.07) is 1.34. The Labute approximate surface area is 114 Å². The molecule has 0 aliphatic heterocycles. The first-order chi connectivity index (χ1) is 8.45. The third-order valence-corrected chi connectivity index (χ3v) is 2.72. The van der Waals surface area contributed by atoms with E-state index in [9.17, 15) is 9.59 Å². The van der Waals surface area contributed by atoms with Gasteiger partial charge in [-0.15, -0.1) is 0 Å². The Bertz CT molecular complexity index is 466. The largest absolute Gasteiger partial charge is 0.449 e. The maximum Gasteiger partial charge on any atom is 0.340 e. The van der Waals surface area contributed by atoms with Crippen molar-refractivity contribution in [2.75, 3.05) is 6.54 Å². The molecule has 0 spiro atoms. The zero-order valence-electron chi connectivity index (χ0n) is 9.87. The van der Waals surface area contributed by atoms with E-state index in [4.69, 9.17) is 27.9 Å². The molecule has 1 rings (SSSR count). The number of esters is 1. The highest BCUT2D eigenvalue weighted by atomic mass is 35.5. The number of ether oxygens (including phenoxy) is 1. The van der Waals surface area contributed by atoms with E-state index in [1.807, 2.05) is 0 Å². The summed E-state index contributed by atoms with van der Waals surface area (Å²) in [5, 5.41) is 2.80. The molecule has 1 aromatic heterocycles. The summed E-state index contributed by atoms with van der Waals surface area (Å²) in [4.78, 5) is 26.8. The predicted molar refractivity (Wildman–Crippen MR) is 67.8 cm³/mol. The highest BCUT2D eigenvalue weighted by Crippen LogP contribution is 2.20. The number of pyridine rings is 1. The van der Waals surface area contributed by atoms with Crippen molar-refractivity contribution in [2.45, 2.75) is 20.0 Å². The van der Waals surface area contributed by atoms with E-state index in [0.29, 0.717) is 6.54 Å². The van der Waals surface area contributed by atoms with Gasteiger partial charge in [0.05, 0.1) is 10.6 Å². The van der Waals surface area contributed by atoms with Gasteiger partial charge >= 0.3 is 5.97 Å². The minimum Gasteiger partial charge on any atom is -0.449 e. The minimum absolute atomic E-state index is 0.102. The molecule has 0 saturated heterocycles. The van der Waals surface area contributed by atoms with Crippen molar-refractivity contribution in [3.8, 4) is 0 Å². The Morgan fingerprint density at radius 2 is 2.17 bits per heavy atom. The molecule has 5 nitrogen and oxygen atoms in total. The predicted octanol–water partition coefficient (Wildman–Crippen LogP) is 2.07. The number of amides is 1. The number of carbonyl (C=O) groups is 2. The van der Waals surface area contributed by atoms with Crippen molar-refractivity contribution in [1.29, 1.82) is 0 Å². The van der Waals surface area contributed by atoms with Gasteiger partial charge in [-0.25, -0.2) is 9.78 Å². The lowest BCUT2D eigenvalue weighted by atomic mass is 10.3. The van der Waals surface area contributed by atoms with Crippen LogP contribution in [0.3, 0.4) is 0 Å². The average molecular weight is 291 g/mol. The number of halogens is 2. The molecule has 0 aliphatic carbocycles. The minimum atomic E-state index is -0.882. The van der Waals surface area contributed by atoms with Gasteiger partial charge in [-0.3, -0.25) is 4.79 Å². The first-order valence-electron chi connectivity index (χ1n) is 5.25. The molecule has 0 aromatic carbocycles. The van der Waals surface area contributed by atoms with Crippen LogP contribution in [0.5, 0.6) is 0 Å². The van der Waals surface area contributed by atoms with Crippen LogP contribution in [-0.4, -0.2) is 29.5 Å². The maximum absolute atomic E-state index is 11.7. The monoisotopic (exact) mass is 290 g/mol.